The van der Waals surface area contributed by atoms with Crippen molar-refractivity contribution in [2.45, 2.75) is 57.5 Å². The lowest BCUT2D eigenvalue weighted by atomic mass is 9.93. The average Bonchev–Trinajstić information content (AvgIpc) is 3.15. The van der Waals surface area contributed by atoms with Crippen molar-refractivity contribution in [2.75, 3.05) is 13.1 Å². The van der Waals surface area contributed by atoms with E-state index in [0.29, 0.717) is 6.54 Å². The molecule has 1 aromatic carbocycles. The normalized spacial score (nSPS) is 19.6. The van der Waals surface area contributed by atoms with Crippen molar-refractivity contribution in [3.63, 3.8) is 0 Å². The summed E-state index contributed by atoms with van der Waals surface area (Å²) in [5.74, 6) is 1.10. The van der Waals surface area contributed by atoms with Crippen molar-refractivity contribution in [3.8, 4) is 5.75 Å². The smallest absolute Gasteiger partial charge is 0.266 e. The fraction of sp³-hybridized carbons (Fsp3) is 0.500. The number of piperidine rings is 1. The van der Waals surface area contributed by atoms with Gasteiger partial charge in [0.25, 0.3) is 5.91 Å². The summed E-state index contributed by atoms with van der Waals surface area (Å²) in [4.78, 5) is 23.5. The molecule has 1 amide bonds. The van der Waals surface area contributed by atoms with Crippen LogP contribution in [0, 0.1) is 0 Å². The fourth-order valence-electron chi connectivity index (χ4n) is 4.28. The lowest BCUT2D eigenvalue weighted by Crippen LogP contribution is -2.51. The Labute approximate surface area is 160 Å². The number of fused-ring (bicyclic) bond motifs is 1. The molecule has 2 aliphatic rings. The number of hydrogen-bond donors (Lipinski definition) is 0. The van der Waals surface area contributed by atoms with Gasteiger partial charge in [0.2, 0.25) is 0 Å². The zero-order valence-electron chi connectivity index (χ0n) is 16.1. The maximum Gasteiger partial charge on any atom is 0.266 e. The first-order chi connectivity index (χ1) is 13.0. The number of hydrogen-bond acceptors (Lipinski definition) is 4. The van der Waals surface area contributed by atoms with E-state index in [1.165, 1.54) is 17.5 Å². The Balaban J connectivity index is 1.45. The molecule has 4 rings (SSSR count). The highest BCUT2D eigenvalue weighted by molar-refractivity contribution is 5.85. The summed E-state index contributed by atoms with van der Waals surface area (Å²) in [7, 11) is 0. The third kappa shape index (κ3) is 3.82. The van der Waals surface area contributed by atoms with Crippen molar-refractivity contribution in [2.24, 2.45) is 0 Å². The topological polar surface area (TPSA) is 55.3 Å². The summed E-state index contributed by atoms with van der Waals surface area (Å²) in [5, 5.41) is 0. The van der Waals surface area contributed by atoms with Crippen LogP contribution >= 0.6 is 0 Å². The van der Waals surface area contributed by atoms with Crippen molar-refractivity contribution in [3.05, 3.63) is 53.6 Å². The number of nitrogens with zero attached hydrogens (tertiary/aromatic N) is 3. The molecule has 0 saturated carbocycles. The van der Waals surface area contributed by atoms with Crippen molar-refractivity contribution in [1.29, 1.82) is 0 Å². The Kier molecular flexibility index (Phi) is 4.85. The molecule has 1 atom stereocenters. The van der Waals surface area contributed by atoms with Crippen LogP contribution in [-0.2, 0) is 17.6 Å². The first-order valence-electron chi connectivity index (χ1n) is 9.89. The Bertz CT molecular complexity index is 820. The molecule has 142 valence electrons. The average molecular weight is 365 g/mol. The van der Waals surface area contributed by atoms with E-state index in [0.717, 1.165) is 43.7 Å². The molecule has 1 aliphatic carbocycles. The summed E-state index contributed by atoms with van der Waals surface area (Å²) in [5.41, 5.74) is 2.90. The van der Waals surface area contributed by atoms with Crippen LogP contribution in [0.1, 0.15) is 55.8 Å². The molecule has 0 bridgehead atoms. The van der Waals surface area contributed by atoms with Gasteiger partial charge in [0.1, 0.15) is 12.1 Å². The van der Waals surface area contributed by atoms with Crippen LogP contribution in [0.3, 0.4) is 0 Å². The molecule has 2 heterocycles. The molecular weight excluding hydrogens is 338 g/mol. The summed E-state index contributed by atoms with van der Waals surface area (Å²) in [6.45, 7) is 5.21. The highest BCUT2D eigenvalue weighted by Gasteiger charge is 2.37. The van der Waals surface area contributed by atoms with E-state index in [4.69, 9.17) is 4.74 Å². The van der Waals surface area contributed by atoms with Gasteiger partial charge < -0.3 is 9.64 Å². The van der Waals surface area contributed by atoms with E-state index in [9.17, 15) is 4.79 Å². The Morgan fingerprint density at radius 1 is 1.19 bits per heavy atom. The molecule has 0 spiro atoms. The van der Waals surface area contributed by atoms with Gasteiger partial charge in [-0.3, -0.25) is 4.79 Å². The number of benzene rings is 1. The molecule has 2 aromatic rings. The molecule has 1 aliphatic heterocycles. The second-order valence-corrected chi connectivity index (χ2v) is 8.12. The summed E-state index contributed by atoms with van der Waals surface area (Å²) < 4.78 is 6.17. The molecule has 1 aromatic heterocycles. The lowest BCUT2D eigenvalue weighted by Gasteiger charge is -2.37. The fourth-order valence-corrected chi connectivity index (χ4v) is 4.28. The van der Waals surface area contributed by atoms with E-state index in [2.05, 4.69) is 22.1 Å². The number of rotatable bonds is 4. The van der Waals surface area contributed by atoms with Crippen LogP contribution < -0.4 is 4.74 Å². The first-order valence-corrected chi connectivity index (χ1v) is 9.89. The SMILES string of the molecule is CC(C)(Oc1ccc2c(c1)CCC2)C(=O)N1CCC[C@H](c2ccncn2)C1. The lowest BCUT2D eigenvalue weighted by molar-refractivity contribution is -0.146. The molecule has 0 N–H and O–H groups in total. The van der Waals surface area contributed by atoms with Crippen molar-refractivity contribution < 1.29 is 9.53 Å². The number of amides is 1. The number of aromatic nitrogens is 2. The van der Waals surface area contributed by atoms with Gasteiger partial charge in [0.15, 0.2) is 5.60 Å². The predicted molar refractivity (Wildman–Crippen MR) is 104 cm³/mol. The molecular formula is C22H27N3O2. The van der Waals surface area contributed by atoms with Crippen LogP contribution in [0.15, 0.2) is 36.8 Å². The van der Waals surface area contributed by atoms with Gasteiger partial charge in [0, 0.05) is 30.9 Å². The van der Waals surface area contributed by atoms with E-state index in [1.54, 1.807) is 12.5 Å². The van der Waals surface area contributed by atoms with Gasteiger partial charge >= 0.3 is 0 Å². The summed E-state index contributed by atoms with van der Waals surface area (Å²) >= 11 is 0. The zero-order valence-corrected chi connectivity index (χ0v) is 16.1. The van der Waals surface area contributed by atoms with Gasteiger partial charge in [-0.1, -0.05) is 6.07 Å². The largest absolute Gasteiger partial charge is 0.478 e. The minimum atomic E-state index is -0.888. The van der Waals surface area contributed by atoms with Crippen LogP contribution in [-0.4, -0.2) is 39.5 Å². The Hall–Kier alpha value is -2.43. The number of aryl methyl sites for hydroxylation is 2. The van der Waals surface area contributed by atoms with E-state index < -0.39 is 5.60 Å². The quantitative estimate of drug-likeness (QED) is 0.832. The van der Waals surface area contributed by atoms with Crippen LogP contribution in [0.4, 0.5) is 0 Å². The molecule has 1 fully saturated rings. The molecule has 5 heteroatoms. The van der Waals surface area contributed by atoms with Gasteiger partial charge in [-0.05, 0) is 75.3 Å². The first kappa shape index (κ1) is 18.0. The van der Waals surface area contributed by atoms with Crippen molar-refractivity contribution in [1.82, 2.24) is 14.9 Å². The molecule has 27 heavy (non-hydrogen) atoms. The third-order valence-electron chi connectivity index (χ3n) is 5.69. The van der Waals surface area contributed by atoms with Gasteiger partial charge in [-0.15, -0.1) is 0 Å². The number of ether oxygens (including phenoxy) is 1. The maximum absolute atomic E-state index is 13.2. The predicted octanol–water partition coefficient (Wildman–Crippen LogP) is 3.53. The highest BCUT2D eigenvalue weighted by Crippen LogP contribution is 2.30. The van der Waals surface area contributed by atoms with Crippen molar-refractivity contribution >= 4 is 5.91 Å². The molecule has 0 radical (unpaired) electrons. The van der Waals surface area contributed by atoms with Gasteiger partial charge in [-0.2, -0.15) is 0 Å². The Morgan fingerprint density at radius 3 is 2.85 bits per heavy atom. The minimum absolute atomic E-state index is 0.0433. The van der Waals surface area contributed by atoms with Crippen LogP contribution in [0.25, 0.3) is 0 Å². The highest BCUT2D eigenvalue weighted by atomic mass is 16.5. The standard InChI is InChI=1S/C22H27N3O2/c1-22(2,27-19-9-8-16-5-3-6-17(16)13-19)21(26)25-12-4-7-18(14-25)20-10-11-23-15-24-20/h8-11,13,15,18H,3-7,12,14H2,1-2H3/t18-/m0/s1. The van der Waals surface area contributed by atoms with Gasteiger partial charge in [-0.25, -0.2) is 9.97 Å². The Morgan fingerprint density at radius 2 is 2.04 bits per heavy atom. The van der Waals surface area contributed by atoms with E-state index in [-0.39, 0.29) is 11.8 Å². The summed E-state index contributed by atoms with van der Waals surface area (Å²) in [6.07, 6.45) is 8.84. The number of likely N-dealkylation sites (tertiary alicyclic amines) is 1. The third-order valence-corrected chi connectivity index (χ3v) is 5.69. The number of carbonyl (C=O) groups is 1. The maximum atomic E-state index is 13.2. The van der Waals surface area contributed by atoms with E-state index in [1.807, 2.05) is 30.9 Å². The molecule has 0 unspecified atom stereocenters. The summed E-state index contributed by atoms with van der Waals surface area (Å²) in [6, 6.07) is 8.20. The monoisotopic (exact) mass is 365 g/mol. The molecule has 5 nitrogen and oxygen atoms in total. The van der Waals surface area contributed by atoms with Crippen LogP contribution in [0.5, 0.6) is 5.75 Å². The van der Waals surface area contributed by atoms with Gasteiger partial charge in [0.05, 0.1) is 0 Å². The number of carbonyl (C=O) groups excluding carboxylic acids is 1. The van der Waals surface area contributed by atoms with E-state index >= 15 is 0 Å². The second-order valence-electron chi connectivity index (χ2n) is 8.12. The second kappa shape index (κ2) is 7.29. The van der Waals surface area contributed by atoms with Crippen LogP contribution in [0.2, 0.25) is 0 Å². The molecule has 1 saturated heterocycles. The zero-order chi connectivity index (χ0) is 18.9. The minimum Gasteiger partial charge on any atom is -0.478 e.